The highest BCUT2D eigenvalue weighted by atomic mass is 15.1. The average molecular weight is 285 g/mol. The molecule has 0 saturated carbocycles. The van der Waals surface area contributed by atoms with Crippen molar-refractivity contribution in [3.63, 3.8) is 0 Å². The molecule has 1 saturated heterocycles. The Morgan fingerprint density at radius 2 is 1.90 bits per heavy atom. The summed E-state index contributed by atoms with van der Waals surface area (Å²) in [5.74, 6) is 0. The molecule has 21 heavy (non-hydrogen) atoms. The quantitative estimate of drug-likeness (QED) is 0.872. The van der Waals surface area contributed by atoms with E-state index in [0.29, 0.717) is 6.04 Å². The molecule has 0 atom stereocenters. The Morgan fingerprint density at radius 3 is 2.52 bits per heavy atom. The fourth-order valence-corrected chi connectivity index (χ4v) is 2.78. The molecule has 2 rings (SSSR count). The number of benzene rings is 1. The first-order chi connectivity index (χ1) is 10.1. The summed E-state index contributed by atoms with van der Waals surface area (Å²) in [7, 11) is 0. The lowest BCUT2D eigenvalue weighted by molar-refractivity contribution is 0.189. The lowest BCUT2D eigenvalue weighted by atomic mass is 9.91. The molecule has 1 aromatic carbocycles. The zero-order chi connectivity index (χ0) is 15.1. The zero-order valence-electron chi connectivity index (χ0n) is 13.3. The predicted molar refractivity (Wildman–Crippen MR) is 86.8 cm³/mol. The van der Waals surface area contributed by atoms with E-state index in [1.807, 2.05) is 13.8 Å². The van der Waals surface area contributed by atoms with Crippen molar-refractivity contribution in [2.45, 2.75) is 45.7 Å². The van der Waals surface area contributed by atoms with E-state index in [9.17, 15) is 0 Å². The largest absolute Gasteiger partial charge is 0.314 e. The van der Waals surface area contributed by atoms with Gasteiger partial charge in [0.1, 0.15) is 0 Å². The van der Waals surface area contributed by atoms with E-state index in [0.717, 1.165) is 32.6 Å². The third kappa shape index (κ3) is 5.49. The number of likely N-dealkylation sites (tertiary alicyclic amines) is 1. The molecule has 1 N–H and O–H groups in total. The molecule has 114 valence electrons. The topological polar surface area (TPSA) is 39.1 Å². The lowest BCUT2D eigenvalue weighted by Gasteiger charge is -2.33. The third-order valence-corrected chi connectivity index (χ3v) is 4.32. The molecule has 0 amide bonds. The molecule has 0 aliphatic carbocycles. The summed E-state index contributed by atoms with van der Waals surface area (Å²) < 4.78 is 0. The van der Waals surface area contributed by atoms with Gasteiger partial charge < -0.3 is 5.32 Å². The molecular weight excluding hydrogens is 258 g/mol. The molecule has 1 fully saturated rings. The summed E-state index contributed by atoms with van der Waals surface area (Å²) in [6.07, 6.45) is 3.34. The highest BCUT2D eigenvalue weighted by Crippen LogP contribution is 2.18. The smallest absolute Gasteiger partial charge is 0.0684 e. The Balaban J connectivity index is 1.66. The van der Waals surface area contributed by atoms with Crippen molar-refractivity contribution in [2.24, 2.45) is 5.41 Å². The van der Waals surface area contributed by atoms with Crippen LogP contribution >= 0.6 is 0 Å². The van der Waals surface area contributed by atoms with Gasteiger partial charge in [0.05, 0.1) is 11.5 Å². The van der Waals surface area contributed by atoms with Crippen LogP contribution in [-0.2, 0) is 6.54 Å². The number of piperidine rings is 1. The van der Waals surface area contributed by atoms with Crippen molar-refractivity contribution < 1.29 is 0 Å². The van der Waals surface area contributed by atoms with Crippen LogP contribution in [-0.4, -0.2) is 30.6 Å². The van der Waals surface area contributed by atoms with E-state index in [2.05, 4.69) is 46.6 Å². The number of hydrogen-bond donors (Lipinski definition) is 1. The van der Waals surface area contributed by atoms with Gasteiger partial charge in [-0.05, 0) is 58.3 Å². The van der Waals surface area contributed by atoms with Gasteiger partial charge in [0, 0.05) is 12.6 Å². The molecule has 1 aliphatic rings. The molecule has 3 nitrogen and oxygen atoms in total. The van der Waals surface area contributed by atoms with E-state index >= 15 is 0 Å². The van der Waals surface area contributed by atoms with E-state index in [1.165, 1.54) is 18.4 Å². The molecule has 1 aromatic rings. The van der Waals surface area contributed by atoms with Gasteiger partial charge in [0.25, 0.3) is 0 Å². The molecule has 1 aliphatic heterocycles. The van der Waals surface area contributed by atoms with Crippen molar-refractivity contribution in [2.75, 3.05) is 19.6 Å². The van der Waals surface area contributed by atoms with Crippen molar-refractivity contribution in [3.8, 4) is 6.07 Å². The summed E-state index contributed by atoms with van der Waals surface area (Å²) in [5.41, 5.74) is 1.20. The second-order valence-electron chi connectivity index (χ2n) is 6.74. The van der Waals surface area contributed by atoms with Crippen molar-refractivity contribution in [3.05, 3.63) is 35.9 Å². The SMILES string of the molecule is CC(C)(C#N)CCNC1CCN(Cc2ccccc2)CC1. The Labute approximate surface area is 129 Å². The second kappa shape index (κ2) is 7.59. The Morgan fingerprint density at radius 1 is 1.24 bits per heavy atom. The number of nitrogens with zero attached hydrogens (tertiary/aromatic N) is 2. The minimum atomic E-state index is -0.207. The normalized spacial score (nSPS) is 17.6. The number of nitrogens with one attached hydrogen (secondary N) is 1. The number of hydrogen-bond acceptors (Lipinski definition) is 3. The highest BCUT2D eigenvalue weighted by Gasteiger charge is 2.20. The maximum absolute atomic E-state index is 9.02. The van der Waals surface area contributed by atoms with Crippen LogP contribution in [0.4, 0.5) is 0 Å². The predicted octanol–water partition coefficient (Wildman–Crippen LogP) is 3.18. The standard InChI is InChI=1S/C18H27N3/c1-18(2,15-19)10-11-20-17-8-12-21(13-9-17)14-16-6-4-3-5-7-16/h3-7,17,20H,8-14H2,1-2H3. The zero-order valence-corrected chi connectivity index (χ0v) is 13.3. The summed E-state index contributed by atoms with van der Waals surface area (Å²) in [6.45, 7) is 8.36. The van der Waals surface area contributed by atoms with Gasteiger partial charge in [0.15, 0.2) is 0 Å². The summed E-state index contributed by atoms with van der Waals surface area (Å²) in [5, 5.41) is 12.6. The Bertz CT molecular complexity index is 453. The molecule has 0 aromatic heterocycles. The van der Waals surface area contributed by atoms with Crippen LogP contribution in [0.5, 0.6) is 0 Å². The van der Waals surface area contributed by atoms with E-state index in [1.54, 1.807) is 0 Å². The van der Waals surface area contributed by atoms with Gasteiger partial charge >= 0.3 is 0 Å². The van der Waals surface area contributed by atoms with Crippen LogP contribution in [0.1, 0.15) is 38.7 Å². The van der Waals surface area contributed by atoms with Crippen molar-refractivity contribution in [1.29, 1.82) is 5.26 Å². The summed E-state index contributed by atoms with van der Waals surface area (Å²) in [6, 6.07) is 13.7. The maximum atomic E-state index is 9.02. The van der Waals surface area contributed by atoms with Gasteiger partial charge in [0.2, 0.25) is 0 Å². The highest BCUT2D eigenvalue weighted by molar-refractivity contribution is 5.14. The molecule has 0 radical (unpaired) electrons. The minimum absolute atomic E-state index is 0.207. The summed E-state index contributed by atoms with van der Waals surface area (Å²) in [4.78, 5) is 2.53. The summed E-state index contributed by atoms with van der Waals surface area (Å²) >= 11 is 0. The van der Waals surface area contributed by atoms with Gasteiger partial charge in [-0.25, -0.2) is 0 Å². The fourth-order valence-electron chi connectivity index (χ4n) is 2.78. The maximum Gasteiger partial charge on any atom is 0.0684 e. The van der Waals surface area contributed by atoms with Gasteiger partial charge in [-0.3, -0.25) is 4.90 Å². The molecule has 0 spiro atoms. The molecule has 0 bridgehead atoms. The second-order valence-corrected chi connectivity index (χ2v) is 6.74. The Kier molecular flexibility index (Phi) is 5.78. The average Bonchev–Trinajstić information content (AvgIpc) is 2.50. The first-order valence-corrected chi connectivity index (χ1v) is 8.00. The van der Waals surface area contributed by atoms with Crippen LogP contribution in [0, 0.1) is 16.7 Å². The van der Waals surface area contributed by atoms with Gasteiger partial charge in [-0.1, -0.05) is 30.3 Å². The molecule has 1 heterocycles. The molecule has 3 heteroatoms. The number of nitriles is 1. The fraction of sp³-hybridized carbons (Fsp3) is 0.611. The van der Waals surface area contributed by atoms with Gasteiger partial charge in [-0.15, -0.1) is 0 Å². The van der Waals surface area contributed by atoms with E-state index in [-0.39, 0.29) is 5.41 Å². The number of rotatable bonds is 6. The minimum Gasteiger partial charge on any atom is -0.314 e. The van der Waals surface area contributed by atoms with Crippen LogP contribution in [0.3, 0.4) is 0 Å². The molecular formula is C18H27N3. The first kappa shape index (κ1) is 16.0. The molecule has 0 unspecified atom stereocenters. The van der Waals surface area contributed by atoms with Gasteiger partial charge in [-0.2, -0.15) is 5.26 Å². The third-order valence-electron chi connectivity index (χ3n) is 4.32. The van der Waals surface area contributed by atoms with E-state index < -0.39 is 0 Å². The van der Waals surface area contributed by atoms with Crippen LogP contribution in [0.2, 0.25) is 0 Å². The van der Waals surface area contributed by atoms with E-state index in [4.69, 9.17) is 5.26 Å². The Hall–Kier alpha value is -1.37. The van der Waals surface area contributed by atoms with Crippen LogP contribution in [0.25, 0.3) is 0 Å². The van der Waals surface area contributed by atoms with Crippen LogP contribution < -0.4 is 5.32 Å². The van der Waals surface area contributed by atoms with Crippen LogP contribution in [0.15, 0.2) is 30.3 Å². The van der Waals surface area contributed by atoms with Crippen molar-refractivity contribution >= 4 is 0 Å². The monoisotopic (exact) mass is 285 g/mol. The lowest BCUT2D eigenvalue weighted by Crippen LogP contribution is -2.42. The van der Waals surface area contributed by atoms with Crippen molar-refractivity contribution in [1.82, 2.24) is 10.2 Å². The first-order valence-electron chi connectivity index (χ1n) is 8.00.